The van der Waals surface area contributed by atoms with Crippen LogP contribution in [0.25, 0.3) is 0 Å². The quantitative estimate of drug-likeness (QED) is 0.781. The molecule has 1 heterocycles. The van der Waals surface area contributed by atoms with Gasteiger partial charge in [0.1, 0.15) is 0 Å². The zero-order chi connectivity index (χ0) is 18.6. The number of para-hydroxylation sites is 1. The van der Waals surface area contributed by atoms with Gasteiger partial charge < -0.3 is 9.80 Å². The maximum atomic E-state index is 13.0. The van der Waals surface area contributed by atoms with Gasteiger partial charge in [-0.05, 0) is 24.1 Å². The van der Waals surface area contributed by atoms with E-state index in [2.05, 4.69) is 0 Å². The van der Waals surface area contributed by atoms with Gasteiger partial charge in [-0.3, -0.25) is 4.79 Å². The molecular formula is C20H24N2O3S. The summed E-state index contributed by atoms with van der Waals surface area (Å²) in [6.07, 6.45) is 0.510. The SMILES string of the molecule is CN(CC(=O)N(Cc1ccccc1)[C@H]1CCS(=O)(=O)C1)c1ccccc1. The summed E-state index contributed by atoms with van der Waals surface area (Å²) in [6, 6.07) is 19.2. The first-order chi connectivity index (χ1) is 12.4. The van der Waals surface area contributed by atoms with Gasteiger partial charge in [0.05, 0.1) is 18.1 Å². The lowest BCUT2D eigenvalue weighted by Crippen LogP contribution is -2.45. The van der Waals surface area contributed by atoms with Crippen molar-refractivity contribution < 1.29 is 13.2 Å². The molecule has 0 aromatic heterocycles. The molecule has 5 nitrogen and oxygen atoms in total. The van der Waals surface area contributed by atoms with Gasteiger partial charge in [-0.1, -0.05) is 48.5 Å². The van der Waals surface area contributed by atoms with Crippen LogP contribution in [0.5, 0.6) is 0 Å². The van der Waals surface area contributed by atoms with Crippen molar-refractivity contribution in [1.82, 2.24) is 4.90 Å². The van der Waals surface area contributed by atoms with Crippen LogP contribution in [0.15, 0.2) is 60.7 Å². The predicted octanol–water partition coefficient (Wildman–Crippen LogP) is 2.34. The predicted molar refractivity (Wildman–Crippen MR) is 104 cm³/mol. The van der Waals surface area contributed by atoms with Crippen LogP contribution >= 0.6 is 0 Å². The average Bonchev–Trinajstić information content (AvgIpc) is 3.00. The molecule has 0 unspecified atom stereocenters. The fraction of sp³-hybridized carbons (Fsp3) is 0.350. The summed E-state index contributed by atoms with van der Waals surface area (Å²) in [7, 11) is -1.18. The zero-order valence-corrected chi connectivity index (χ0v) is 15.7. The van der Waals surface area contributed by atoms with Gasteiger partial charge in [-0.15, -0.1) is 0 Å². The Labute approximate surface area is 155 Å². The Morgan fingerprint density at radius 2 is 1.65 bits per heavy atom. The molecule has 0 radical (unpaired) electrons. The standard InChI is InChI=1S/C20H24N2O3S/c1-21(18-10-6-3-7-11-18)15-20(23)22(14-17-8-4-2-5-9-17)19-12-13-26(24,25)16-19/h2-11,19H,12-16H2,1H3/t19-/m0/s1. The number of nitrogens with zero attached hydrogens (tertiary/aromatic N) is 2. The summed E-state index contributed by atoms with van der Waals surface area (Å²) in [5, 5.41) is 0. The Morgan fingerprint density at radius 1 is 1.04 bits per heavy atom. The fourth-order valence-corrected chi connectivity index (χ4v) is 5.02. The van der Waals surface area contributed by atoms with E-state index in [0.717, 1.165) is 11.3 Å². The average molecular weight is 372 g/mol. The smallest absolute Gasteiger partial charge is 0.242 e. The van der Waals surface area contributed by atoms with Gasteiger partial charge >= 0.3 is 0 Å². The number of benzene rings is 2. The second-order valence-electron chi connectivity index (χ2n) is 6.76. The summed E-state index contributed by atoms with van der Waals surface area (Å²) in [4.78, 5) is 16.6. The molecule has 1 fully saturated rings. The highest BCUT2D eigenvalue weighted by atomic mass is 32.2. The Kier molecular flexibility index (Phi) is 5.61. The Balaban J connectivity index is 1.77. The molecule has 0 saturated carbocycles. The number of likely N-dealkylation sites (N-methyl/N-ethyl adjacent to an activating group) is 1. The van der Waals surface area contributed by atoms with E-state index in [4.69, 9.17) is 0 Å². The van der Waals surface area contributed by atoms with E-state index in [1.54, 1.807) is 4.90 Å². The van der Waals surface area contributed by atoms with Gasteiger partial charge in [0.2, 0.25) is 5.91 Å². The molecule has 1 atom stereocenters. The molecule has 1 amide bonds. The monoisotopic (exact) mass is 372 g/mol. The largest absolute Gasteiger partial charge is 0.365 e. The number of carbonyl (C=O) groups excluding carboxylic acids is 1. The molecule has 1 aliphatic heterocycles. The highest BCUT2D eigenvalue weighted by Crippen LogP contribution is 2.21. The summed E-state index contributed by atoms with van der Waals surface area (Å²) in [5.74, 6) is 0.160. The summed E-state index contributed by atoms with van der Waals surface area (Å²) in [5.41, 5.74) is 1.96. The molecule has 138 valence electrons. The van der Waals surface area contributed by atoms with E-state index in [-0.39, 0.29) is 30.0 Å². The van der Waals surface area contributed by atoms with E-state index in [0.29, 0.717) is 13.0 Å². The lowest BCUT2D eigenvalue weighted by molar-refractivity contribution is -0.132. The van der Waals surface area contributed by atoms with Gasteiger partial charge in [-0.2, -0.15) is 0 Å². The second kappa shape index (κ2) is 7.91. The first kappa shape index (κ1) is 18.5. The molecule has 1 saturated heterocycles. The Morgan fingerprint density at radius 3 is 2.23 bits per heavy atom. The highest BCUT2D eigenvalue weighted by molar-refractivity contribution is 7.91. The minimum Gasteiger partial charge on any atom is -0.365 e. The molecule has 0 aliphatic carbocycles. The first-order valence-electron chi connectivity index (χ1n) is 8.74. The van der Waals surface area contributed by atoms with E-state index < -0.39 is 9.84 Å². The van der Waals surface area contributed by atoms with E-state index in [1.807, 2.05) is 72.6 Å². The minimum atomic E-state index is -3.05. The minimum absolute atomic E-state index is 0.0534. The third-order valence-corrected chi connectivity index (χ3v) is 6.49. The van der Waals surface area contributed by atoms with Crippen LogP contribution in [0, 0.1) is 0 Å². The zero-order valence-electron chi connectivity index (χ0n) is 14.9. The van der Waals surface area contributed by atoms with Crippen molar-refractivity contribution >= 4 is 21.4 Å². The summed E-state index contributed by atoms with van der Waals surface area (Å²) < 4.78 is 23.8. The van der Waals surface area contributed by atoms with Gasteiger partial charge in [0.15, 0.2) is 9.84 Å². The van der Waals surface area contributed by atoms with Gasteiger partial charge in [0, 0.05) is 25.3 Å². The van der Waals surface area contributed by atoms with Crippen molar-refractivity contribution in [2.24, 2.45) is 0 Å². The van der Waals surface area contributed by atoms with E-state index in [1.165, 1.54) is 0 Å². The van der Waals surface area contributed by atoms with Crippen molar-refractivity contribution in [1.29, 1.82) is 0 Å². The molecule has 0 spiro atoms. The van der Waals surface area contributed by atoms with Crippen molar-refractivity contribution in [2.75, 3.05) is 30.0 Å². The number of rotatable bonds is 6. The molecule has 26 heavy (non-hydrogen) atoms. The topological polar surface area (TPSA) is 57.7 Å². The molecule has 2 aromatic rings. The third kappa shape index (κ3) is 4.64. The molecule has 6 heteroatoms. The van der Waals surface area contributed by atoms with Crippen LogP contribution < -0.4 is 4.90 Å². The van der Waals surface area contributed by atoms with E-state index in [9.17, 15) is 13.2 Å². The van der Waals surface area contributed by atoms with Crippen molar-refractivity contribution in [3.05, 3.63) is 66.2 Å². The van der Waals surface area contributed by atoms with Crippen LogP contribution in [-0.4, -0.2) is 50.4 Å². The van der Waals surface area contributed by atoms with Crippen molar-refractivity contribution in [3.8, 4) is 0 Å². The van der Waals surface area contributed by atoms with Crippen LogP contribution in [0.4, 0.5) is 5.69 Å². The van der Waals surface area contributed by atoms with Crippen LogP contribution in [0.3, 0.4) is 0 Å². The van der Waals surface area contributed by atoms with E-state index >= 15 is 0 Å². The molecule has 3 rings (SSSR count). The maximum Gasteiger partial charge on any atom is 0.242 e. The number of amides is 1. The molecule has 0 bridgehead atoms. The highest BCUT2D eigenvalue weighted by Gasteiger charge is 2.34. The molecular weight excluding hydrogens is 348 g/mol. The first-order valence-corrected chi connectivity index (χ1v) is 10.6. The van der Waals surface area contributed by atoms with Crippen molar-refractivity contribution in [3.63, 3.8) is 0 Å². The van der Waals surface area contributed by atoms with Crippen LogP contribution in [-0.2, 0) is 21.2 Å². The normalized spacial score (nSPS) is 18.4. The molecule has 2 aromatic carbocycles. The maximum absolute atomic E-state index is 13.0. The Bertz CT molecular complexity index is 838. The number of hydrogen-bond acceptors (Lipinski definition) is 4. The Hall–Kier alpha value is -2.34. The van der Waals surface area contributed by atoms with Gasteiger partial charge in [0.25, 0.3) is 0 Å². The lowest BCUT2D eigenvalue weighted by atomic mass is 10.1. The van der Waals surface area contributed by atoms with Gasteiger partial charge in [-0.25, -0.2) is 8.42 Å². The van der Waals surface area contributed by atoms with Crippen LogP contribution in [0.2, 0.25) is 0 Å². The fourth-order valence-electron chi connectivity index (χ4n) is 3.29. The number of anilines is 1. The number of hydrogen-bond donors (Lipinski definition) is 0. The number of sulfone groups is 1. The summed E-state index contributed by atoms with van der Waals surface area (Å²) in [6.45, 7) is 0.649. The van der Waals surface area contributed by atoms with Crippen LogP contribution in [0.1, 0.15) is 12.0 Å². The molecule has 0 N–H and O–H groups in total. The third-order valence-electron chi connectivity index (χ3n) is 4.73. The molecule has 1 aliphatic rings. The number of carbonyl (C=O) groups is 1. The second-order valence-corrected chi connectivity index (χ2v) is 8.98. The summed E-state index contributed by atoms with van der Waals surface area (Å²) >= 11 is 0. The lowest BCUT2D eigenvalue weighted by Gasteiger charge is -2.31. The van der Waals surface area contributed by atoms with Crippen molar-refractivity contribution in [2.45, 2.75) is 19.0 Å².